The van der Waals surface area contributed by atoms with E-state index in [9.17, 15) is 14.9 Å². The van der Waals surface area contributed by atoms with Crippen molar-refractivity contribution in [2.75, 3.05) is 19.7 Å². The molecule has 1 saturated heterocycles. The standard InChI is InChI=1S/C19H22N2O3/c1-2-24-18(22)13-16(15-9-5-3-6-10-15)17(14-20)19(23)21-11-7-4-8-12-21/h3,5-6,9-10H,2,4,7-8,11-13H2,1H3. The van der Waals surface area contributed by atoms with Gasteiger partial charge in [0.25, 0.3) is 5.91 Å². The van der Waals surface area contributed by atoms with Gasteiger partial charge in [0.2, 0.25) is 0 Å². The molecule has 1 aliphatic rings. The maximum Gasteiger partial charge on any atom is 0.310 e. The monoisotopic (exact) mass is 326 g/mol. The Hall–Kier alpha value is -2.61. The molecule has 0 atom stereocenters. The third kappa shape index (κ3) is 4.45. The lowest BCUT2D eigenvalue weighted by atomic mass is 9.96. The van der Waals surface area contributed by atoms with Crippen molar-refractivity contribution >= 4 is 17.4 Å². The molecule has 0 bridgehead atoms. The average Bonchev–Trinajstić information content (AvgIpc) is 2.63. The number of hydrogen-bond donors (Lipinski definition) is 0. The van der Waals surface area contributed by atoms with Crippen molar-refractivity contribution in [3.63, 3.8) is 0 Å². The molecule has 0 aromatic heterocycles. The first kappa shape index (κ1) is 17.7. The number of hydrogen-bond acceptors (Lipinski definition) is 4. The van der Waals surface area contributed by atoms with E-state index in [0.717, 1.165) is 19.3 Å². The predicted octanol–water partition coefficient (Wildman–Crippen LogP) is 2.93. The summed E-state index contributed by atoms with van der Waals surface area (Å²) in [4.78, 5) is 26.4. The SMILES string of the molecule is CCOC(=O)CC(=C(C#N)C(=O)N1CCCCC1)c1ccccc1. The van der Waals surface area contributed by atoms with Crippen LogP contribution >= 0.6 is 0 Å². The summed E-state index contributed by atoms with van der Waals surface area (Å²) in [6, 6.07) is 11.1. The van der Waals surface area contributed by atoms with Crippen LogP contribution in [0.25, 0.3) is 5.57 Å². The molecule has 24 heavy (non-hydrogen) atoms. The Labute approximate surface area is 142 Å². The molecule has 0 radical (unpaired) electrons. The number of benzene rings is 1. The van der Waals surface area contributed by atoms with Gasteiger partial charge in [-0.15, -0.1) is 0 Å². The first-order valence-electron chi connectivity index (χ1n) is 8.31. The molecule has 126 valence electrons. The van der Waals surface area contributed by atoms with Crippen molar-refractivity contribution in [2.24, 2.45) is 0 Å². The van der Waals surface area contributed by atoms with Crippen LogP contribution in [0.4, 0.5) is 0 Å². The first-order chi connectivity index (χ1) is 11.7. The van der Waals surface area contributed by atoms with E-state index in [4.69, 9.17) is 4.74 Å². The Morgan fingerprint density at radius 3 is 2.42 bits per heavy atom. The van der Waals surface area contributed by atoms with Gasteiger partial charge in [-0.3, -0.25) is 9.59 Å². The molecule has 0 N–H and O–H groups in total. The number of esters is 1. The normalized spacial score (nSPS) is 15.2. The zero-order valence-corrected chi connectivity index (χ0v) is 14.0. The number of piperidine rings is 1. The zero-order valence-electron chi connectivity index (χ0n) is 14.0. The topological polar surface area (TPSA) is 70.4 Å². The number of rotatable bonds is 5. The summed E-state index contributed by atoms with van der Waals surface area (Å²) in [5, 5.41) is 9.59. The molecule has 5 nitrogen and oxygen atoms in total. The maximum absolute atomic E-state index is 12.8. The largest absolute Gasteiger partial charge is 0.466 e. The van der Waals surface area contributed by atoms with Crippen molar-refractivity contribution in [1.82, 2.24) is 4.90 Å². The van der Waals surface area contributed by atoms with Crippen molar-refractivity contribution in [2.45, 2.75) is 32.6 Å². The second-order valence-electron chi connectivity index (χ2n) is 5.67. The summed E-state index contributed by atoms with van der Waals surface area (Å²) in [7, 11) is 0. The number of nitriles is 1. The molecule has 0 saturated carbocycles. The quantitative estimate of drug-likeness (QED) is 0.474. The summed E-state index contributed by atoms with van der Waals surface area (Å²) in [6.07, 6.45) is 2.91. The summed E-state index contributed by atoms with van der Waals surface area (Å²) in [6.45, 7) is 3.31. The molecule has 1 heterocycles. The van der Waals surface area contributed by atoms with Crippen LogP contribution in [0.3, 0.4) is 0 Å². The highest BCUT2D eigenvalue weighted by molar-refractivity contribution is 6.07. The molecule has 1 amide bonds. The molecular weight excluding hydrogens is 304 g/mol. The molecule has 0 aliphatic carbocycles. The van der Waals surface area contributed by atoms with E-state index in [-0.39, 0.29) is 24.5 Å². The second-order valence-corrected chi connectivity index (χ2v) is 5.67. The van der Waals surface area contributed by atoms with E-state index in [2.05, 4.69) is 0 Å². The highest BCUT2D eigenvalue weighted by atomic mass is 16.5. The Bertz CT molecular complexity index is 653. The number of nitrogens with zero attached hydrogens (tertiary/aromatic N) is 2. The lowest BCUT2D eigenvalue weighted by Crippen LogP contribution is -2.36. The lowest BCUT2D eigenvalue weighted by Gasteiger charge is -2.27. The minimum Gasteiger partial charge on any atom is -0.466 e. The van der Waals surface area contributed by atoms with Crippen molar-refractivity contribution in [3.05, 3.63) is 41.5 Å². The molecular formula is C19H22N2O3. The fraction of sp³-hybridized carbons (Fsp3) is 0.421. The summed E-state index contributed by atoms with van der Waals surface area (Å²) in [5.74, 6) is -0.726. The minimum absolute atomic E-state index is 0.0381. The molecule has 0 unspecified atom stereocenters. The van der Waals surface area contributed by atoms with Gasteiger partial charge in [0.15, 0.2) is 0 Å². The van der Waals surface area contributed by atoms with E-state index in [0.29, 0.717) is 24.2 Å². The van der Waals surface area contributed by atoms with Crippen LogP contribution in [0.15, 0.2) is 35.9 Å². The van der Waals surface area contributed by atoms with E-state index >= 15 is 0 Å². The Morgan fingerprint density at radius 1 is 1.17 bits per heavy atom. The molecule has 5 heteroatoms. The predicted molar refractivity (Wildman–Crippen MR) is 90.7 cm³/mol. The number of likely N-dealkylation sites (tertiary alicyclic amines) is 1. The van der Waals surface area contributed by atoms with Crippen molar-refractivity contribution < 1.29 is 14.3 Å². The van der Waals surface area contributed by atoms with Crippen LogP contribution in [0, 0.1) is 11.3 Å². The van der Waals surface area contributed by atoms with E-state index in [1.807, 2.05) is 24.3 Å². The van der Waals surface area contributed by atoms with Crippen LogP contribution in [-0.2, 0) is 14.3 Å². The second kappa shape index (κ2) is 8.88. The average molecular weight is 326 g/mol. The van der Waals surface area contributed by atoms with Gasteiger partial charge in [-0.05, 0) is 37.3 Å². The first-order valence-corrected chi connectivity index (χ1v) is 8.31. The van der Waals surface area contributed by atoms with Gasteiger partial charge in [0.05, 0.1) is 13.0 Å². The van der Waals surface area contributed by atoms with Gasteiger partial charge in [-0.2, -0.15) is 5.26 Å². The van der Waals surface area contributed by atoms with Crippen LogP contribution in [0.2, 0.25) is 0 Å². The van der Waals surface area contributed by atoms with Gasteiger partial charge in [-0.1, -0.05) is 30.3 Å². The molecule has 0 spiro atoms. The van der Waals surface area contributed by atoms with E-state index in [1.54, 1.807) is 24.0 Å². The molecule has 1 aliphatic heterocycles. The summed E-state index contributed by atoms with van der Waals surface area (Å²) in [5.41, 5.74) is 1.18. The van der Waals surface area contributed by atoms with E-state index in [1.165, 1.54) is 0 Å². The van der Waals surface area contributed by atoms with Crippen molar-refractivity contribution in [3.8, 4) is 6.07 Å². The third-order valence-electron chi connectivity index (χ3n) is 4.02. The smallest absolute Gasteiger partial charge is 0.310 e. The van der Waals surface area contributed by atoms with Crippen LogP contribution < -0.4 is 0 Å². The van der Waals surface area contributed by atoms with Crippen LogP contribution in [0.1, 0.15) is 38.2 Å². The van der Waals surface area contributed by atoms with Crippen LogP contribution in [-0.4, -0.2) is 36.5 Å². The Kier molecular flexibility index (Phi) is 6.56. The van der Waals surface area contributed by atoms with Gasteiger partial charge in [-0.25, -0.2) is 0 Å². The van der Waals surface area contributed by atoms with Crippen molar-refractivity contribution in [1.29, 1.82) is 5.26 Å². The third-order valence-corrected chi connectivity index (χ3v) is 4.02. The number of ether oxygens (including phenoxy) is 1. The Morgan fingerprint density at radius 2 is 1.83 bits per heavy atom. The number of carbonyl (C=O) groups is 2. The fourth-order valence-electron chi connectivity index (χ4n) is 2.83. The minimum atomic E-state index is -0.435. The molecule has 1 aromatic carbocycles. The maximum atomic E-state index is 12.8. The number of carbonyl (C=O) groups excluding carboxylic acids is 2. The van der Waals surface area contributed by atoms with Gasteiger partial charge in [0, 0.05) is 13.1 Å². The molecule has 2 rings (SSSR count). The van der Waals surface area contributed by atoms with Crippen LogP contribution in [0.5, 0.6) is 0 Å². The number of amides is 1. The summed E-state index contributed by atoms with van der Waals surface area (Å²) >= 11 is 0. The van der Waals surface area contributed by atoms with Gasteiger partial charge < -0.3 is 9.64 Å². The summed E-state index contributed by atoms with van der Waals surface area (Å²) < 4.78 is 5.01. The highest BCUT2D eigenvalue weighted by Crippen LogP contribution is 2.25. The van der Waals surface area contributed by atoms with Gasteiger partial charge in [0.1, 0.15) is 11.6 Å². The van der Waals surface area contributed by atoms with Gasteiger partial charge >= 0.3 is 5.97 Å². The fourth-order valence-corrected chi connectivity index (χ4v) is 2.83. The zero-order chi connectivity index (χ0) is 17.4. The molecule has 1 aromatic rings. The lowest BCUT2D eigenvalue weighted by molar-refractivity contribution is -0.141. The Balaban J connectivity index is 2.39. The highest BCUT2D eigenvalue weighted by Gasteiger charge is 2.25. The van der Waals surface area contributed by atoms with E-state index < -0.39 is 5.97 Å². The molecule has 1 fully saturated rings.